The summed E-state index contributed by atoms with van der Waals surface area (Å²) < 4.78 is 13.4. The van der Waals surface area contributed by atoms with Crippen LogP contribution in [0.3, 0.4) is 0 Å². The van der Waals surface area contributed by atoms with Crippen molar-refractivity contribution in [1.82, 2.24) is 4.98 Å². The SMILES string of the molecule is Br.CC(=NNc1nc(-c2ccc(F)c(C)c2)cs1)c1ccccc1O. The third-order valence-corrected chi connectivity index (χ3v) is 4.32. The van der Waals surface area contributed by atoms with Gasteiger partial charge in [-0.1, -0.05) is 12.1 Å². The van der Waals surface area contributed by atoms with Crippen molar-refractivity contribution in [2.24, 2.45) is 5.10 Å². The van der Waals surface area contributed by atoms with Gasteiger partial charge in [-0.25, -0.2) is 9.37 Å². The molecule has 0 atom stereocenters. The molecule has 0 aliphatic heterocycles. The summed E-state index contributed by atoms with van der Waals surface area (Å²) in [5.74, 6) is -0.0441. The van der Waals surface area contributed by atoms with E-state index in [1.54, 1.807) is 44.2 Å². The molecule has 7 heteroatoms. The van der Waals surface area contributed by atoms with Gasteiger partial charge in [-0.3, -0.25) is 5.43 Å². The van der Waals surface area contributed by atoms with Gasteiger partial charge in [0.25, 0.3) is 0 Å². The Morgan fingerprint density at radius 1 is 1.24 bits per heavy atom. The van der Waals surface area contributed by atoms with Gasteiger partial charge >= 0.3 is 0 Å². The number of thiazole rings is 1. The lowest BCUT2D eigenvalue weighted by atomic mass is 10.1. The van der Waals surface area contributed by atoms with Gasteiger partial charge in [0.2, 0.25) is 5.13 Å². The van der Waals surface area contributed by atoms with Crippen LogP contribution in [0.1, 0.15) is 18.1 Å². The second kappa shape index (κ2) is 8.22. The van der Waals surface area contributed by atoms with Crippen LogP contribution in [0.5, 0.6) is 5.75 Å². The first-order valence-corrected chi connectivity index (χ1v) is 8.23. The molecule has 0 bridgehead atoms. The molecule has 0 saturated heterocycles. The van der Waals surface area contributed by atoms with Gasteiger partial charge in [-0.2, -0.15) is 5.10 Å². The first-order chi connectivity index (χ1) is 11.5. The first kappa shape index (κ1) is 19.1. The van der Waals surface area contributed by atoms with E-state index in [0.717, 1.165) is 11.3 Å². The van der Waals surface area contributed by atoms with Gasteiger partial charge < -0.3 is 5.11 Å². The van der Waals surface area contributed by atoms with E-state index in [2.05, 4.69) is 15.5 Å². The zero-order chi connectivity index (χ0) is 17.1. The lowest BCUT2D eigenvalue weighted by Gasteiger charge is -2.03. The van der Waals surface area contributed by atoms with Crippen LogP contribution in [0.25, 0.3) is 11.3 Å². The third kappa shape index (κ3) is 4.43. The quantitative estimate of drug-likeness (QED) is 0.439. The smallest absolute Gasteiger partial charge is 0.203 e. The molecule has 2 N–H and O–H groups in total. The number of hydrogen-bond acceptors (Lipinski definition) is 5. The number of aromatic hydroxyl groups is 1. The number of halogens is 2. The second-order valence-electron chi connectivity index (χ2n) is 5.33. The average Bonchev–Trinajstić information content (AvgIpc) is 3.04. The summed E-state index contributed by atoms with van der Waals surface area (Å²) in [5, 5.41) is 16.6. The summed E-state index contributed by atoms with van der Waals surface area (Å²) in [6.45, 7) is 3.53. The van der Waals surface area contributed by atoms with Gasteiger partial charge in [0.05, 0.1) is 11.4 Å². The topological polar surface area (TPSA) is 57.5 Å². The van der Waals surface area contributed by atoms with Gasteiger partial charge in [-0.15, -0.1) is 28.3 Å². The summed E-state index contributed by atoms with van der Waals surface area (Å²) in [6, 6.07) is 11.9. The highest BCUT2D eigenvalue weighted by Gasteiger charge is 2.07. The number of aryl methyl sites for hydroxylation is 1. The van der Waals surface area contributed by atoms with Crippen LogP contribution < -0.4 is 5.43 Å². The molecule has 3 aromatic rings. The average molecular weight is 422 g/mol. The Balaban J connectivity index is 0.00000225. The van der Waals surface area contributed by atoms with Crippen molar-refractivity contribution >= 4 is 39.2 Å². The third-order valence-electron chi connectivity index (χ3n) is 3.57. The van der Waals surface area contributed by atoms with Crippen LogP contribution in [-0.2, 0) is 0 Å². The summed E-state index contributed by atoms with van der Waals surface area (Å²) in [4.78, 5) is 4.45. The van der Waals surface area contributed by atoms with Crippen LogP contribution in [-0.4, -0.2) is 15.8 Å². The zero-order valence-corrected chi connectivity index (χ0v) is 16.2. The minimum absolute atomic E-state index is 0. The number of phenols is 1. The van der Waals surface area contributed by atoms with Crippen molar-refractivity contribution in [3.63, 3.8) is 0 Å². The van der Waals surface area contributed by atoms with E-state index in [0.29, 0.717) is 22.0 Å². The molecular formula is C18H17BrFN3OS. The fraction of sp³-hybridized carbons (Fsp3) is 0.111. The maximum atomic E-state index is 13.4. The number of nitrogens with zero attached hydrogens (tertiary/aromatic N) is 2. The molecule has 0 fully saturated rings. The standard InChI is InChI=1S/C18H16FN3OS.BrH/c1-11-9-13(7-8-15(11)19)16-10-24-18(20-16)22-21-12(2)14-5-3-4-6-17(14)23;/h3-10,23H,1-2H3,(H,20,22);1H. The van der Waals surface area contributed by atoms with Crippen molar-refractivity contribution in [3.8, 4) is 17.0 Å². The highest BCUT2D eigenvalue weighted by atomic mass is 79.9. The number of phenolic OH excluding ortho intramolecular Hbond substituents is 1. The first-order valence-electron chi connectivity index (χ1n) is 7.35. The molecule has 0 spiro atoms. The summed E-state index contributed by atoms with van der Waals surface area (Å²) in [5.41, 5.74) is 6.43. The molecule has 0 unspecified atom stereocenters. The number of nitrogens with one attached hydrogen (secondary N) is 1. The van der Waals surface area contributed by atoms with Crippen LogP contribution in [0.15, 0.2) is 52.9 Å². The number of para-hydroxylation sites is 1. The van der Waals surface area contributed by atoms with Crippen molar-refractivity contribution in [3.05, 3.63) is 64.8 Å². The number of aromatic nitrogens is 1. The molecule has 25 heavy (non-hydrogen) atoms. The number of anilines is 1. The van der Waals surface area contributed by atoms with Crippen LogP contribution in [0.4, 0.5) is 9.52 Å². The molecule has 0 aliphatic carbocycles. The van der Waals surface area contributed by atoms with Crippen LogP contribution in [0, 0.1) is 12.7 Å². The van der Waals surface area contributed by atoms with Crippen LogP contribution >= 0.6 is 28.3 Å². The molecule has 130 valence electrons. The summed E-state index contributed by atoms with van der Waals surface area (Å²) in [6.07, 6.45) is 0. The number of rotatable bonds is 4. The maximum Gasteiger partial charge on any atom is 0.203 e. The largest absolute Gasteiger partial charge is 0.507 e. The Bertz CT molecular complexity index is 911. The van der Waals surface area contributed by atoms with Crippen molar-refractivity contribution < 1.29 is 9.50 Å². The van der Waals surface area contributed by atoms with E-state index in [4.69, 9.17) is 0 Å². The van der Waals surface area contributed by atoms with E-state index < -0.39 is 0 Å². The lowest BCUT2D eigenvalue weighted by molar-refractivity contribution is 0.474. The van der Waals surface area contributed by atoms with E-state index in [9.17, 15) is 9.50 Å². The molecule has 0 aliphatic rings. The van der Waals surface area contributed by atoms with E-state index >= 15 is 0 Å². The Kier molecular flexibility index (Phi) is 6.27. The Labute approximate surface area is 159 Å². The highest BCUT2D eigenvalue weighted by molar-refractivity contribution is 8.93. The number of hydrogen-bond donors (Lipinski definition) is 2. The maximum absolute atomic E-state index is 13.4. The summed E-state index contributed by atoms with van der Waals surface area (Å²) >= 11 is 1.41. The molecule has 0 amide bonds. The molecule has 4 nitrogen and oxygen atoms in total. The van der Waals surface area contributed by atoms with Gasteiger partial charge in [0.1, 0.15) is 11.6 Å². The van der Waals surface area contributed by atoms with E-state index in [-0.39, 0.29) is 28.5 Å². The molecule has 1 heterocycles. The van der Waals surface area contributed by atoms with Crippen molar-refractivity contribution in [2.45, 2.75) is 13.8 Å². The van der Waals surface area contributed by atoms with Crippen molar-refractivity contribution in [1.29, 1.82) is 0 Å². The van der Waals surface area contributed by atoms with E-state index in [1.807, 2.05) is 11.4 Å². The zero-order valence-electron chi connectivity index (χ0n) is 13.7. The number of benzene rings is 2. The highest BCUT2D eigenvalue weighted by Crippen LogP contribution is 2.26. The van der Waals surface area contributed by atoms with Gasteiger partial charge in [0.15, 0.2) is 0 Å². The minimum Gasteiger partial charge on any atom is -0.507 e. The monoisotopic (exact) mass is 421 g/mol. The molecular weight excluding hydrogens is 405 g/mol. The minimum atomic E-state index is -0.227. The van der Waals surface area contributed by atoms with Crippen LogP contribution in [0.2, 0.25) is 0 Å². The Morgan fingerprint density at radius 3 is 2.72 bits per heavy atom. The van der Waals surface area contributed by atoms with Gasteiger partial charge in [0, 0.05) is 16.5 Å². The molecule has 3 rings (SSSR count). The Hall–Kier alpha value is -2.25. The molecule has 0 radical (unpaired) electrons. The number of hydrazone groups is 1. The predicted molar refractivity (Wildman–Crippen MR) is 107 cm³/mol. The van der Waals surface area contributed by atoms with Crippen molar-refractivity contribution in [2.75, 3.05) is 5.43 Å². The Morgan fingerprint density at radius 2 is 2.00 bits per heavy atom. The molecule has 2 aromatic carbocycles. The predicted octanol–water partition coefficient (Wildman–Crippen LogP) is 5.38. The fourth-order valence-electron chi connectivity index (χ4n) is 2.23. The summed E-state index contributed by atoms with van der Waals surface area (Å²) in [7, 11) is 0. The molecule has 0 saturated carbocycles. The second-order valence-corrected chi connectivity index (χ2v) is 6.19. The fourth-order valence-corrected chi connectivity index (χ4v) is 2.89. The normalized spacial score (nSPS) is 11.1. The van der Waals surface area contributed by atoms with E-state index in [1.165, 1.54) is 17.4 Å². The molecule has 1 aromatic heterocycles. The van der Waals surface area contributed by atoms with Gasteiger partial charge in [-0.05, 0) is 49.7 Å². The lowest BCUT2D eigenvalue weighted by Crippen LogP contribution is -1.99.